The first kappa shape index (κ1) is 21.0. The summed E-state index contributed by atoms with van der Waals surface area (Å²) in [4.78, 5) is 48.1. The summed E-state index contributed by atoms with van der Waals surface area (Å²) in [6.07, 6.45) is 4.45. The van der Waals surface area contributed by atoms with E-state index in [4.69, 9.17) is 0 Å². The maximum absolute atomic E-state index is 13.3. The van der Waals surface area contributed by atoms with Gasteiger partial charge >= 0.3 is 5.97 Å². The highest BCUT2D eigenvalue weighted by Crippen LogP contribution is 2.48. The van der Waals surface area contributed by atoms with E-state index in [9.17, 15) is 19.5 Å². The number of fused-ring (bicyclic) bond motifs is 2. The van der Waals surface area contributed by atoms with Crippen molar-refractivity contribution in [1.82, 2.24) is 24.6 Å². The largest absolute Gasteiger partial charge is 0.476 e. The second kappa shape index (κ2) is 7.95. The van der Waals surface area contributed by atoms with E-state index in [1.54, 1.807) is 17.0 Å². The zero-order valence-corrected chi connectivity index (χ0v) is 18.3. The minimum absolute atomic E-state index is 0.0297. The Morgan fingerprint density at radius 2 is 2.03 bits per heavy atom. The van der Waals surface area contributed by atoms with Gasteiger partial charge in [-0.3, -0.25) is 19.3 Å². The molecule has 3 aromatic rings. The number of pyridine rings is 2. The molecule has 2 fully saturated rings. The van der Waals surface area contributed by atoms with Gasteiger partial charge in [-0.2, -0.15) is 5.10 Å². The fraction of sp³-hybridized carbons (Fsp3) is 0.391. The van der Waals surface area contributed by atoms with Crippen molar-refractivity contribution in [3.8, 4) is 0 Å². The molecule has 170 valence electrons. The SMILES string of the molecule is CC(C)c1cccc(NC(=O)[C@@H]2C[C@H]3C[C@H]3N2C(=O)Cn2nc(C(=O)O)c3ccncc32)n1. The van der Waals surface area contributed by atoms with Crippen LogP contribution in [0.1, 0.15) is 48.8 Å². The van der Waals surface area contributed by atoms with Crippen LogP contribution in [0, 0.1) is 5.92 Å². The number of aromatic carboxylic acids is 1. The highest BCUT2D eigenvalue weighted by Gasteiger charge is 2.56. The van der Waals surface area contributed by atoms with Crippen molar-refractivity contribution in [2.75, 3.05) is 5.32 Å². The van der Waals surface area contributed by atoms with Crippen LogP contribution in [0.5, 0.6) is 0 Å². The quantitative estimate of drug-likeness (QED) is 0.591. The molecule has 0 unspecified atom stereocenters. The van der Waals surface area contributed by atoms with Gasteiger partial charge in [0, 0.05) is 23.3 Å². The second-order valence-corrected chi connectivity index (χ2v) is 8.91. The van der Waals surface area contributed by atoms with Crippen molar-refractivity contribution < 1.29 is 19.5 Å². The molecule has 1 saturated carbocycles. The molecule has 1 aliphatic carbocycles. The smallest absolute Gasteiger partial charge is 0.357 e. The van der Waals surface area contributed by atoms with Gasteiger partial charge in [-0.25, -0.2) is 9.78 Å². The standard InChI is InChI=1S/C23H24N6O4/c1-12(2)15-4-3-5-19(25-15)26-22(31)17-9-13-8-16(13)29(17)20(30)11-28-18-10-24-7-6-14(18)21(27-28)23(32)33/h3-7,10,12-13,16-17H,8-9,11H2,1-2H3,(H,32,33)(H,25,26,31)/t13-,16-,17+/m1/s1. The molecule has 0 bridgehead atoms. The molecule has 33 heavy (non-hydrogen) atoms. The lowest BCUT2D eigenvalue weighted by Gasteiger charge is -2.27. The first-order valence-electron chi connectivity index (χ1n) is 11.0. The van der Waals surface area contributed by atoms with Crippen molar-refractivity contribution in [2.24, 2.45) is 5.92 Å². The number of carboxylic acid groups (broad SMARTS) is 1. The van der Waals surface area contributed by atoms with E-state index in [0.29, 0.717) is 29.1 Å². The first-order chi connectivity index (χ1) is 15.8. The molecule has 2 amide bonds. The van der Waals surface area contributed by atoms with Gasteiger partial charge in [-0.1, -0.05) is 19.9 Å². The van der Waals surface area contributed by atoms with Crippen molar-refractivity contribution in [3.05, 3.63) is 48.0 Å². The molecular weight excluding hydrogens is 424 g/mol. The summed E-state index contributed by atoms with van der Waals surface area (Å²) in [5.41, 5.74) is 1.21. The Labute approximate surface area is 189 Å². The average molecular weight is 448 g/mol. The fourth-order valence-corrected chi connectivity index (χ4v) is 4.61. The molecule has 0 radical (unpaired) electrons. The monoisotopic (exact) mass is 448 g/mol. The number of aromatic nitrogens is 4. The van der Waals surface area contributed by atoms with Gasteiger partial charge in [0.1, 0.15) is 18.4 Å². The fourth-order valence-electron chi connectivity index (χ4n) is 4.61. The lowest BCUT2D eigenvalue weighted by Crippen LogP contribution is -2.46. The Balaban J connectivity index is 1.36. The minimum atomic E-state index is -1.17. The average Bonchev–Trinajstić information content (AvgIpc) is 3.29. The van der Waals surface area contributed by atoms with Crippen LogP contribution >= 0.6 is 0 Å². The van der Waals surface area contributed by atoms with Gasteiger partial charge in [0.2, 0.25) is 11.8 Å². The van der Waals surface area contributed by atoms with E-state index < -0.39 is 12.0 Å². The summed E-state index contributed by atoms with van der Waals surface area (Å²) >= 11 is 0. The van der Waals surface area contributed by atoms with Crippen molar-refractivity contribution >= 4 is 34.5 Å². The van der Waals surface area contributed by atoms with Crippen LogP contribution in [0.4, 0.5) is 5.82 Å². The van der Waals surface area contributed by atoms with Crippen LogP contribution in [0.15, 0.2) is 36.7 Å². The van der Waals surface area contributed by atoms with Gasteiger partial charge in [0.25, 0.3) is 0 Å². The highest BCUT2D eigenvalue weighted by molar-refractivity contribution is 6.01. The molecule has 2 N–H and O–H groups in total. The molecular formula is C23H24N6O4. The maximum Gasteiger partial charge on any atom is 0.357 e. The number of nitrogens with zero attached hydrogens (tertiary/aromatic N) is 5. The van der Waals surface area contributed by atoms with Crippen LogP contribution in [-0.4, -0.2) is 59.6 Å². The third kappa shape index (κ3) is 3.81. The number of piperidine rings is 1. The van der Waals surface area contributed by atoms with E-state index in [1.165, 1.54) is 17.1 Å². The van der Waals surface area contributed by atoms with Crippen LogP contribution in [0.2, 0.25) is 0 Å². The Bertz CT molecular complexity index is 1270. The predicted octanol–water partition coefficient (Wildman–Crippen LogP) is 2.28. The molecule has 1 aliphatic heterocycles. The number of carbonyl (C=O) groups excluding carboxylic acids is 2. The molecule has 10 nitrogen and oxygen atoms in total. The number of amides is 2. The molecule has 1 saturated heterocycles. The molecule has 3 aromatic heterocycles. The van der Waals surface area contributed by atoms with Crippen LogP contribution < -0.4 is 5.32 Å². The lowest BCUT2D eigenvalue weighted by molar-refractivity contribution is -0.138. The number of likely N-dealkylation sites (tertiary alicyclic amines) is 1. The van der Waals surface area contributed by atoms with E-state index in [-0.39, 0.29) is 36.0 Å². The molecule has 0 aromatic carbocycles. The summed E-state index contributed by atoms with van der Waals surface area (Å²) in [5, 5.41) is 16.9. The predicted molar refractivity (Wildman–Crippen MR) is 119 cm³/mol. The first-order valence-corrected chi connectivity index (χ1v) is 11.0. The normalized spacial score (nSPS) is 21.3. The number of rotatable bonds is 6. The summed E-state index contributed by atoms with van der Waals surface area (Å²) in [7, 11) is 0. The third-order valence-corrected chi connectivity index (χ3v) is 6.35. The number of carbonyl (C=O) groups is 3. The number of anilines is 1. The van der Waals surface area contributed by atoms with Crippen molar-refractivity contribution in [2.45, 2.75) is 51.2 Å². The number of hydrogen-bond donors (Lipinski definition) is 2. The van der Waals surface area contributed by atoms with Crippen LogP contribution in [-0.2, 0) is 16.1 Å². The van der Waals surface area contributed by atoms with Crippen molar-refractivity contribution in [3.63, 3.8) is 0 Å². The van der Waals surface area contributed by atoms with Gasteiger partial charge in [-0.15, -0.1) is 0 Å². The number of hydrogen-bond acceptors (Lipinski definition) is 6. The van der Waals surface area contributed by atoms with E-state index in [0.717, 1.165) is 12.1 Å². The van der Waals surface area contributed by atoms with Gasteiger partial charge in [0.05, 0.1) is 11.7 Å². The third-order valence-electron chi connectivity index (χ3n) is 6.35. The zero-order chi connectivity index (χ0) is 23.3. The number of carboxylic acids is 1. The Morgan fingerprint density at radius 1 is 1.21 bits per heavy atom. The highest BCUT2D eigenvalue weighted by atomic mass is 16.4. The Kier molecular flexibility index (Phi) is 5.07. The number of nitrogens with one attached hydrogen (secondary N) is 1. The summed E-state index contributed by atoms with van der Waals surface area (Å²) in [5.74, 6) is -0.696. The van der Waals surface area contributed by atoms with Crippen LogP contribution in [0.25, 0.3) is 10.9 Å². The van der Waals surface area contributed by atoms with Crippen LogP contribution in [0.3, 0.4) is 0 Å². The van der Waals surface area contributed by atoms with Gasteiger partial charge in [0.15, 0.2) is 5.69 Å². The minimum Gasteiger partial charge on any atom is -0.476 e. The lowest BCUT2D eigenvalue weighted by atomic mass is 10.1. The molecule has 5 rings (SSSR count). The molecule has 2 aliphatic rings. The molecule has 10 heteroatoms. The second-order valence-electron chi connectivity index (χ2n) is 8.91. The maximum atomic E-state index is 13.3. The van der Waals surface area contributed by atoms with E-state index in [2.05, 4.69) is 20.4 Å². The van der Waals surface area contributed by atoms with Gasteiger partial charge in [-0.05, 0) is 42.9 Å². The summed E-state index contributed by atoms with van der Waals surface area (Å²) in [6, 6.07) is 6.50. The summed E-state index contributed by atoms with van der Waals surface area (Å²) < 4.78 is 1.35. The summed E-state index contributed by atoms with van der Waals surface area (Å²) in [6.45, 7) is 3.90. The Hall–Kier alpha value is -3.82. The molecule has 3 atom stereocenters. The van der Waals surface area contributed by atoms with E-state index >= 15 is 0 Å². The Morgan fingerprint density at radius 3 is 2.79 bits per heavy atom. The van der Waals surface area contributed by atoms with E-state index in [1.807, 2.05) is 26.0 Å². The zero-order valence-electron chi connectivity index (χ0n) is 18.3. The molecule has 4 heterocycles. The topological polar surface area (TPSA) is 130 Å². The molecule has 0 spiro atoms. The van der Waals surface area contributed by atoms with Gasteiger partial charge < -0.3 is 15.3 Å². The van der Waals surface area contributed by atoms with Crippen molar-refractivity contribution in [1.29, 1.82) is 0 Å².